The topological polar surface area (TPSA) is 94.1 Å². The predicted molar refractivity (Wildman–Crippen MR) is 96.8 cm³/mol. The van der Waals surface area contributed by atoms with Gasteiger partial charge in [-0.3, -0.25) is 14.5 Å². The Morgan fingerprint density at radius 2 is 1.81 bits per heavy atom. The molecule has 1 saturated heterocycles. The van der Waals surface area contributed by atoms with Crippen molar-refractivity contribution in [3.63, 3.8) is 0 Å². The molecule has 3 heterocycles. The average Bonchev–Trinajstić information content (AvgIpc) is 3.11. The Hall–Kier alpha value is -3.48. The number of imide groups is 1. The summed E-state index contributed by atoms with van der Waals surface area (Å²) in [5.41, 5.74) is 8.06. The lowest BCUT2D eigenvalue weighted by Crippen LogP contribution is -2.30. The Labute approximate surface area is 150 Å². The van der Waals surface area contributed by atoms with Gasteiger partial charge in [0.05, 0.1) is 17.3 Å². The first-order chi connectivity index (χ1) is 12.6. The molecule has 2 amide bonds. The Morgan fingerprint density at radius 3 is 2.50 bits per heavy atom. The quantitative estimate of drug-likeness (QED) is 0.733. The number of pyridine rings is 1. The number of rotatable bonds is 3. The molecule has 4 rings (SSSR count). The number of carbonyl (C=O) groups is 2. The molecule has 0 bridgehead atoms. The van der Waals surface area contributed by atoms with Crippen LogP contribution < -0.4 is 10.6 Å². The molecular formula is C19H17N5O2. The molecule has 7 heteroatoms. The first-order valence-corrected chi connectivity index (χ1v) is 8.26. The molecule has 7 nitrogen and oxygen atoms in total. The summed E-state index contributed by atoms with van der Waals surface area (Å²) in [7, 11) is 0. The van der Waals surface area contributed by atoms with Crippen LogP contribution in [0.1, 0.15) is 23.6 Å². The fourth-order valence-corrected chi connectivity index (χ4v) is 3.35. The van der Waals surface area contributed by atoms with Crippen molar-refractivity contribution in [2.45, 2.75) is 19.3 Å². The highest BCUT2D eigenvalue weighted by Crippen LogP contribution is 2.37. The molecule has 0 spiro atoms. The van der Waals surface area contributed by atoms with E-state index < -0.39 is 5.92 Å². The van der Waals surface area contributed by atoms with Crippen LogP contribution in [0.3, 0.4) is 0 Å². The van der Waals surface area contributed by atoms with Crippen LogP contribution in [0.5, 0.6) is 0 Å². The number of hydrogen-bond donors (Lipinski definition) is 1. The third-order valence-electron chi connectivity index (χ3n) is 4.52. The first-order valence-electron chi connectivity index (χ1n) is 8.26. The number of nitrogens with two attached hydrogens (primary N) is 1. The van der Waals surface area contributed by atoms with Crippen LogP contribution in [0.4, 0.5) is 11.5 Å². The van der Waals surface area contributed by atoms with E-state index in [0.717, 1.165) is 0 Å². The van der Waals surface area contributed by atoms with Crippen molar-refractivity contribution in [3.8, 4) is 5.82 Å². The second kappa shape index (κ2) is 6.11. The second-order valence-corrected chi connectivity index (χ2v) is 6.14. The van der Waals surface area contributed by atoms with Gasteiger partial charge in [0.15, 0.2) is 5.82 Å². The van der Waals surface area contributed by atoms with Crippen molar-refractivity contribution in [1.82, 2.24) is 14.8 Å². The predicted octanol–water partition coefficient (Wildman–Crippen LogP) is 2.21. The lowest BCUT2D eigenvalue weighted by molar-refractivity contribution is -0.121. The summed E-state index contributed by atoms with van der Waals surface area (Å²) < 4.78 is 1.51. The van der Waals surface area contributed by atoms with E-state index in [0.29, 0.717) is 28.6 Å². The van der Waals surface area contributed by atoms with Gasteiger partial charge in [0.25, 0.3) is 0 Å². The van der Waals surface area contributed by atoms with E-state index in [1.807, 2.05) is 12.1 Å². The Kier molecular flexibility index (Phi) is 3.76. The number of aryl methyl sites for hydroxylation is 1. The van der Waals surface area contributed by atoms with Crippen molar-refractivity contribution < 1.29 is 9.59 Å². The maximum absolute atomic E-state index is 13.0. The molecule has 2 aromatic heterocycles. The molecule has 2 N–H and O–H groups in total. The van der Waals surface area contributed by atoms with Gasteiger partial charge in [0.1, 0.15) is 5.82 Å². The van der Waals surface area contributed by atoms with Gasteiger partial charge in [-0.1, -0.05) is 24.3 Å². The molecular weight excluding hydrogens is 330 g/mol. The van der Waals surface area contributed by atoms with E-state index in [-0.39, 0.29) is 18.2 Å². The first kappa shape index (κ1) is 16.0. The largest absolute Gasteiger partial charge is 0.383 e. The molecule has 0 saturated carbocycles. The maximum Gasteiger partial charge on any atom is 0.242 e. The Bertz CT molecular complexity index is 982. The molecule has 26 heavy (non-hydrogen) atoms. The third kappa shape index (κ3) is 2.45. The molecule has 1 aromatic carbocycles. The van der Waals surface area contributed by atoms with E-state index in [9.17, 15) is 9.59 Å². The molecule has 0 radical (unpaired) electrons. The summed E-state index contributed by atoms with van der Waals surface area (Å²) >= 11 is 0. The number of anilines is 2. The molecule has 0 unspecified atom stereocenters. The number of amides is 2. The van der Waals surface area contributed by atoms with Gasteiger partial charge in [-0.15, -0.1) is 0 Å². The van der Waals surface area contributed by atoms with Crippen LogP contribution in [0.15, 0.2) is 54.7 Å². The number of aromatic nitrogens is 3. The highest BCUT2D eigenvalue weighted by atomic mass is 16.2. The fraction of sp³-hybridized carbons (Fsp3) is 0.158. The molecule has 130 valence electrons. The third-order valence-corrected chi connectivity index (χ3v) is 4.52. The number of nitrogen functional groups attached to an aromatic ring is 1. The summed E-state index contributed by atoms with van der Waals surface area (Å²) in [6.45, 7) is 1.79. The summed E-state index contributed by atoms with van der Waals surface area (Å²) in [4.78, 5) is 30.9. The molecule has 1 aliphatic rings. The minimum atomic E-state index is -0.639. The summed E-state index contributed by atoms with van der Waals surface area (Å²) in [5.74, 6) is -0.259. The van der Waals surface area contributed by atoms with Crippen LogP contribution in [0.25, 0.3) is 5.82 Å². The van der Waals surface area contributed by atoms with Crippen LogP contribution >= 0.6 is 0 Å². The number of para-hydroxylation sites is 1. The van der Waals surface area contributed by atoms with Crippen molar-refractivity contribution in [2.24, 2.45) is 0 Å². The lowest BCUT2D eigenvalue weighted by Gasteiger charge is -2.15. The van der Waals surface area contributed by atoms with Gasteiger partial charge in [0, 0.05) is 18.2 Å². The monoisotopic (exact) mass is 347 g/mol. The number of benzene rings is 1. The number of nitrogens with zero attached hydrogens (tertiary/aromatic N) is 4. The van der Waals surface area contributed by atoms with Crippen LogP contribution in [0, 0.1) is 6.92 Å². The van der Waals surface area contributed by atoms with Gasteiger partial charge >= 0.3 is 0 Å². The number of hydrogen-bond acceptors (Lipinski definition) is 5. The molecule has 3 aromatic rings. The average molecular weight is 347 g/mol. The summed E-state index contributed by atoms with van der Waals surface area (Å²) in [6, 6.07) is 14.3. The lowest BCUT2D eigenvalue weighted by atomic mass is 9.97. The zero-order valence-corrected chi connectivity index (χ0v) is 14.2. The standard InChI is InChI=1S/C19H17N5O2/c1-12-17(18(20)24(22-12)15-9-5-6-10-21-15)14-11-16(25)23(19(14)26)13-7-3-2-4-8-13/h2-10,14H,11,20H2,1H3/t14-/m1/s1. The number of carbonyl (C=O) groups excluding carboxylic acids is 2. The fourth-order valence-electron chi connectivity index (χ4n) is 3.35. The summed E-state index contributed by atoms with van der Waals surface area (Å²) in [5, 5.41) is 4.43. The second-order valence-electron chi connectivity index (χ2n) is 6.14. The zero-order valence-electron chi connectivity index (χ0n) is 14.2. The molecule has 1 atom stereocenters. The van der Waals surface area contributed by atoms with Gasteiger partial charge in [-0.2, -0.15) is 9.78 Å². The van der Waals surface area contributed by atoms with Gasteiger partial charge < -0.3 is 5.73 Å². The van der Waals surface area contributed by atoms with Crippen LogP contribution in [-0.2, 0) is 9.59 Å². The molecule has 1 fully saturated rings. The van der Waals surface area contributed by atoms with E-state index in [1.165, 1.54) is 9.58 Å². The summed E-state index contributed by atoms with van der Waals surface area (Å²) in [6.07, 6.45) is 1.72. The minimum absolute atomic E-state index is 0.0761. The highest BCUT2D eigenvalue weighted by Gasteiger charge is 2.43. The zero-order chi connectivity index (χ0) is 18.3. The highest BCUT2D eigenvalue weighted by molar-refractivity contribution is 6.23. The normalized spacial score (nSPS) is 17.1. The van der Waals surface area contributed by atoms with E-state index in [4.69, 9.17) is 5.73 Å². The van der Waals surface area contributed by atoms with E-state index >= 15 is 0 Å². The van der Waals surface area contributed by atoms with Crippen LogP contribution in [0.2, 0.25) is 0 Å². The molecule has 1 aliphatic heterocycles. The van der Waals surface area contributed by atoms with Crippen molar-refractivity contribution in [2.75, 3.05) is 10.6 Å². The van der Waals surface area contributed by atoms with Gasteiger partial charge in [-0.05, 0) is 31.2 Å². The SMILES string of the molecule is Cc1nn(-c2ccccn2)c(N)c1[C@H]1CC(=O)N(c2ccccc2)C1=O. The Morgan fingerprint density at radius 1 is 1.08 bits per heavy atom. The van der Waals surface area contributed by atoms with E-state index in [2.05, 4.69) is 10.1 Å². The van der Waals surface area contributed by atoms with E-state index in [1.54, 1.807) is 49.5 Å². The smallest absolute Gasteiger partial charge is 0.242 e. The maximum atomic E-state index is 13.0. The van der Waals surface area contributed by atoms with Crippen molar-refractivity contribution in [1.29, 1.82) is 0 Å². The van der Waals surface area contributed by atoms with Gasteiger partial charge in [0.2, 0.25) is 11.8 Å². The molecule has 0 aliphatic carbocycles. The minimum Gasteiger partial charge on any atom is -0.383 e. The van der Waals surface area contributed by atoms with Crippen molar-refractivity contribution >= 4 is 23.3 Å². The Balaban J connectivity index is 1.74. The van der Waals surface area contributed by atoms with Crippen LogP contribution in [-0.4, -0.2) is 26.6 Å². The van der Waals surface area contributed by atoms with Crippen molar-refractivity contribution in [3.05, 3.63) is 66.0 Å². The van der Waals surface area contributed by atoms with Gasteiger partial charge in [-0.25, -0.2) is 4.98 Å².